The van der Waals surface area contributed by atoms with Crippen molar-refractivity contribution in [2.75, 3.05) is 13.1 Å². The van der Waals surface area contributed by atoms with E-state index >= 15 is 0 Å². The van der Waals surface area contributed by atoms with E-state index in [4.69, 9.17) is 4.98 Å². The van der Waals surface area contributed by atoms with E-state index in [1.54, 1.807) is 6.08 Å². The van der Waals surface area contributed by atoms with Crippen LogP contribution in [-0.2, 0) is 17.8 Å². The van der Waals surface area contributed by atoms with Gasteiger partial charge in [-0.25, -0.2) is 4.98 Å². The molecule has 3 aromatic carbocycles. The minimum atomic E-state index is -0.228. The number of piperidine rings is 1. The highest BCUT2D eigenvalue weighted by atomic mass is 16.2. The number of aromatic nitrogens is 2. The summed E-state index contributed by atoms with van der Waals surface area (Å²) in [5.74, 6) is 0.822. The van der Waals surface area contributed by atoms with Gasteiger partial charge in [0.25, 0.3) is 0 Å². The number of amides is 1. The Morgan fingerprint density at radius 2 is 1.64 bits per heavy atom. The second-order valence-corrected chi connectivity index (χ2v) is 11.0. The Morgan fingerprint density at radius 3 is 2.38 bits per heavy atom. The van der Waals surface area contributed by atoms with Crippen LogP contribution in [0, 0.1) is 6.92 Å². The molecule has 1 N–H and O–H groups in total. The number of nitrogens with zero attached hydrogens (tertiary/aromatic N) is 3. The van der Waals surface area contributed by atoms with Gasteiger partial charge in [0.05, 0.1) is 17.1 Å². The summed E-state index contributed by atoms with van der Waals surface area (Å²) in [5.41, 5.74) is 6.73. The van der Waals surface area contributed by atoms with Crippen molar-refractivity contribution in [2.24, 2.45) is 0 Å². The van der Waals surface area contributed by atoms with Gasteiger partial charge in [-0.3, -0.25) is 9.69 Å². The molecule has 0 aliphatic carbocycles. The SMILES string of the molecule is Cc1ccccc1C=CC(=O)N(C(C)C)C(Cc1ccccc1CN1CCCCC1)c1nc2ccccc2[nH]1. The number of aromatic amines is 1. The van der Waals surface area contributed by atoms with Crippen molar-refractivity contribution >= 4 is 23.0 Å². The summed E-state index contributed by atoms with van der Waals surface area (Å²) < 4.78 is 0. The van der Waals surface area contributed by atoms with Gasteiger partial charge in [-0.1, -0.05) is 67.1 Å². The van der Waals surface area contributed by atoms with Crippen molar-refractivity contribution in [1.29, 1.82) is 0 Å². The maximum Gasteiger partial charge on any atom is 0.247 e. The van der Waals surface area contributed by atoms with E-state index in [0.29, 0.717) is 6.42 Å². The highest BCUT2D eigenvalue weighted by molar-refractivity contribution is 5.92. The first-order valence-corrected chi connectivity index (χ1v) is 14.3. The highest BCUT2D eigenvalue weighted by Gasteiger charge is 2.30. The molecule has 0 radical (unpaired) electrons. The van der Waals surface area contributed by atoms with E-state index in [0.717, 1.165) is 47.6 Å². The van der Waals surface area contributed by atoms with E-state index in [1.807, 2.05) is 53.4 Å². The first-order chi connectivity index (χ1) is 19.0. The van der Waals surface area contributed by atoms with Crippen LogP contribution in [0.3, 0.4) is 0 Å². The predicted octanol–water partition coefficient (Wildman–Crippen LogP) is 7.09. The number of imidazole rings is 1. The summed E-state index contributed by atoms with van der Waals surface area (Å²) in [5, 5.41) is 0. The quantitative estimate of drug-likeness (QED) is 0.240. The van der Waals surface area contributed by atoms with E-state index in [9.17, 15) is 4.79 Å². The number of carbonyl (C=O) groups excluding carboxylic acids is 1. The van der Waals surface area contributed by atoms with Crippen LogP contribution < -0.4 is 0 Å². The molecule has 1 unspecified atom stereocenters. The first-order valence-electron chi connectivity index (χ1n) is 14.3. The monoisotopic (exact) mass is 520 g/mol. The fraction of sp³-hybridized carbons (Fsp3) is 0.353. The summed E-state index contributed by atoms with van der Waals surface area (Å²) >= 11 is 0. The Morgan fingerprint density at radius 1 is 0.949 bits per heavy atom. The van der Waals surface area contributed by atoms with Crippen LogP contribution in [0.15, 0.2) is 78.9 Å². The Kier molecular flexibility index (Phi) is 8.58. The number of rotatable bonds is 9. The number of likely N-dealkylation sites (tertiary alicyclic amines) is 1. The number of H-pyrrole nitrogens is 1. The van der Waals surface area contributed by atoms with Crippen LogP contribution in [0.25, 0.3) is 17.1 Å². The fourth-order valence-electron chi connectivity index (χ4n) is 5.72. The van der Waals surface area contributed by atoms with Crippen LogP contribution in [-0.4, -0.2) is 44.8 Å². The average molecular weight is 521 g/mol. The highest BCUT2D eigenvalue weighted by Crippen LogP contribution is 2.30. The fourth-order valence-corrected chi connectivity index (χ4v) is 5.72. The molecule has 0 spiro atoms. The predicted molar refractivity (Wildman–Crippen MR) is 160 cm³/mol. The molecule has 1 aromatic heterocycles. The Balaban J connectivity index is 1.50. The molecule has 5 heteroatoms. The second kappa shape index (κ2) is 12.4. The number of carbonyl (C=O) groups is 1. The summed E-state index contributed by atoms with van der Waals surface area (Å²) in [4.78, 5) is 27.0. The molecule has 1 fully saturated rings. The second-order valence-electron chi connectivity index (χ2n) is 11.0. The van der Waals surface area contributed by atoms with Crippen molar-refractivity contribution < 1.29 is 4.79 Å². The molecular weight excluding hydrogens is 480 g/mol. The van der Waals surface area contributed by atoms with Gasteiger partial charge < -0.3 is 9.88 Å². The van der Waals surface area contributed by atoms with Crippen molar-refractivity contribution in [3.63, 3.8) is 0 Å². The molecule has 202 valence electrons. The van der Waals surface area contributed by atoms with Crippen LogP contribution in [0.5, 0.6) is 0 Å². The van der Waals surface area contributed by atoms with E-state index in [2.05, 4.69) is 61.0 Å². The maximum absolute atomic E-state index is 13.9. The smallest absolute Gasteiger partial charge is 0.247 e. The number of nitrogens with one attached hydrogen (secondary N) is 1. The van der Waals surface area contributed by atoms with Crippen molar-refractivity contribution in [3.05, 3.63) is 107 Å². The molecule has 39 heavy (non-hydrogen) atoms. The normalized spacial score (nSPS) is 15.3. The molecule has 1 aliphatic rings. The zero-order chi connectivity index (χ0) is 27.2. The number of aryl methyl sites for hydroxylation is 1. The van der Waals surface area contributed by atoms with E-state index < -0.39 is 0 Å². The zero-order valence-electron chi connectivity index (χ0n) is 23.4. The molecular formula is C34H40N4O. The van der Waals surface area contributed by atoms with Gasteiger partial charge in [-0.15, -0.1) is 0 Å². The van der Waals surface area contributed by atoms with Gasteiger partial charge in [-0.05, 0) is 87.2 Å². The largest absolute Gasteiger partial charge is 0.340 e. The number of fused-ring (bicyclic) bond motifs is 1. The lowest BCUT2D eigenvalue weighted by molar-refractivity contribution is -0.130. The molecule has 1 amide bonds. The van der Waals surface area contributed by atoms with Crippen molar-refractivity contribution in [2.45, 2.75) is 65.1 Å². The minimum absolute atomic E-state index is 0.00720. The molecule has 4 aromatic rings. The van der Waals surface area contributed by atoms with Gasteiger partial charge >= 0.3 is 0 Å². The molecule has 5 nitrogen and oxygen atoms in total. The van der Waals surface area contributed by atoms with Gasteiger partial charge in [0.1, 0.15) is 5.82 Å². The van der Waals surface area contributed by atoms with Gasteiger partial charge in [0.15, 0.2) is 0 Å². The van der Waals surface area contributed by atoms with Crippen LogP contribution in [0.1, 0.15) is 67.2 Å². The van der Waals surface area contributed by atoms with E-state index in [1.165, 1.54) is 30.4 Å². The van der Waals surface area contributed by atoms with Crippen LogP contribution >= 0.6 is 0 Å². The average Bonchev–Trinajstić information content (AvgIpc) is 3.38. The topological polar surface area (TPSA) is 52.2 Å². The van der Waals surface area contributed by atoms with Crippen LogP contribution in [0.4, 0.5) is 0 Å². The third-order valence-corrected chi connectivity index (χ3v) is 7.84. The maximum atomic E-state index is 13.9. The van der Waals surface area contributed by atoms with Crippen LogP contribution in [0.2, 0.25) is 0 Å². The number of hydrogen-bond donors (Lipinski definition) is 1. The van der Waals surface area contributed by atoms with Gasteiger partial charge in [0.2, 0.25) is 5.91 Å². The number of para-hydroxylation sites is 2. The Labute approximate surface area is 232 Å². The summed E-state index contributed by atoms with van der Waals surface area (Å²) in [6.07, 6.45) is 8.23. The lowest BCUT2D eigenvalue weighted by Crippen LogP contribution is -2.40. The molecule has 1 aliphatic heterocycles. The van der Waals surface area contributed by atoms with Gasteiger partial charge in [-0.2, -0.15) is 0 Å². The van der Waals surface area contributed by atoms with Gasteiger partial charge in [0, 0.05) is 25.1 Å². The van der Waals surface area contributed by atoms with E-state index in [-0.39, 0.29) is 18.0 Å². The first kappa shape index (κ1) is 26.9. The van der Waals surface area contributed by atoms with Crippen molar-refractivity contribution in [1.82, 2.24) is 19.8 Å². The summed E-state index contributed by atoms with van der Waals surface area (Å²) in [6, 6.07) is 24.7. The number of benzene rings is 3. The Hall–Kier alpha value is -3.70. The summed E-state index contributed by atoms with van der Waals surface area (Å²) in [7, 11) is 0. The summed E-state index contributed by atoms with van der Waals surface area (Å²) in [6.45, 7) is 9.51. The Bertz CT molecular complexity index is 1400. The molecule has 1 saturated heterocycles. The standard InChI is InChI=1S/C34H40N4O/c1-25(2)38(33(39)20-19-27-14-6-5-13-26(27)3)32(34-35-30-17-9-10-18-31(30)36-34)23-28-15-7-8-16-29(28)24-37-21-11-4-12-22-37/h5-10,13-20,25,32H,4,11-12,21-24H2,1-3H3,(H,35,36). The molecule has 2 heterocycles. The third kappa shape index (κ3) is 6.48. The number of hydrogen-bond acceptors (Lipinski definition) is 3. The molecule has 0 bridgehead atoms. The molecule has 5 rings (SSSR count). The van der Waals surface area contributed by atoms with Crippen molar-refractivity contribution in [3.8, 4) is 0 Å². The lowest BCUT2D eigenvalue weighted by Gasteiger charge is -2.34. The molecule has 0 saturated carbocycles. The molecule has 1 atom stereocenters. The lowest BCUT2D eigenvalue weighted by atomic mass is 9.96. The third-order valence-electron chi connectivity index (χ3n) is 7.84. The zero-order valence-corrected chi connectivity index (χ0v) is 23.4. The minimum Gasteiger partial charge on any atom is -0.340 e.